The molecule has 0 spiro atoms. The van der Waals surface area contributed by atoms with E-state index in [1.54, 1.807) is 24.4 Å². The number of hydrogen-bond acceptors (Lipinski definition) is 4. The van der Waals surface area contributed by atoms with Crippen LogP contribution in [0.25, 0.3) is 16.6 Å². The van der Waals surface area contributed by atoms with Crippen LogP contribution in [0, 0.1) is 6.92 Å². The van der Waals surface area contributed by atoms with Gasteiger partial charge < -0.3 is 15.5 Å². The molecule has 2 aromatic carbocycles. The number of carbonyl (C=O) groups excluding carboxylic acids is 1. The molecule has 0 radical (unpaired) electrons. The van der Waals surface area contributed by atoms with Gasteiger partial charge in [-0.15, -0.1) is 0 Å². The van der Waals surface area contributed by atoms with Crippen molar-refractivity contribution in [3.63, 3.8) is 0 Å². The van der Waals surface area contributed by atoms with E-state index >= 15 is 0 Å². The van der Waals surface area contributed by atoms with Gasteiger partial charge in [-0.1, -0.05) is 30.4 Å². The summed E-state index contributed by atoms with van der Waals surface area (Å²) in [5.41, 5.74) is 4.89. The molecule has 2 aromatic heterocycles. The van der Waals surface area contributed by atoms with Crippen LogP contribution in [0.15, 0.2) is 66.9 Å². The average molecular weight is 423 g/mol. The Kier molecular flexibility index (Phi) is 3.92. The topological polar surface area (TPSA) is 87.4 Å². The highest BCUT2D eigenvalue weighted by molar-refractivity contribution is 6.09. The summed E-state index contributed by atoms with van der Waals surface area (Å²) in [6, 6.07) is 14.7. The van der Waals surface area contributed by atoms with Gasteiger partial charge in [-0.3, -0.25) is 14.3 Å². The van der Waals surface area contributed by atoms with E-state index in [1.165, 1.54) is 4.57 Å². The third kappa shape index (κ3) is 2.59. The summed E-state index contributed by atoms with van der Waals surface area (Å²) in [5.74, 6) is 0.226. The fraction of sp³-hybridized carbons (Fsp3) is 0.154. The van der Waals surface area contributed by atoms with E-state index in [2.05, 4.69) is 22.5 Å². The van der Waals surface area contributed by atoms with E-state index in [0.717, 1.165) is 34.0 Å². The summed E-state index contributed by atoms with van der Waals surface area (Å²) in [6.07, 6.45) is 6.80. The number of allylic oxidation sites excluding steroid dienone is 2. The second kappa shape index (κ2) is 6.72. The highest BCUT2D eigenvalue weighted by atomic mass is 16.3. The van der Waals surface area contributed by atoms with Gasteiger partial charge in [0, 0.05) is 40.1 Å². The number of para-hydroxylation sites is 1. The van der Waals surface area contributed by atoms with Crippen LogP contribution in [-0.4, -0.2) is 25.7 Å². The first-order valence-electron chi connectivity index (χ1n) is 10.6. The second-order valence-electron chi connectivity index (χ2n) is 8.48. The van der Waals surface area contributed by atoms with Gasteiger partial charge in [0.15, 0.2) is 0 Å². The van der Waals surface area contributed by atoms with Crippen molar-refractivity contribution >= 4 is 22.5 Å². The molecule has 2 atom stereocenters. The third-order valence-corrected chi connectivity index (χ3v) is 6.61. The van der Waals surface area contributed by atoms with Gasteiger partial charge in [0.2, 0.25) is 11.8 Å². The number of aromatic nitrogens is 2. The number of carbonyl (C=O) groups is 1. The fourth-order valence-electron chi connectivity index (χ4n) is 5.12. The monoisotopic (exact) mass is 423 g/mol. The number of nitrogens with zero attached hydrogens (tertiary/aromatic N) is 2. The Morgan fingerprint density at radius 3 is 2.47 bits per heavy atom. The zero-order valence-electron chi connectivity index (χ0n) is 17.4. The number of anilines is 1. The fourth-order valence-corrected chi connectivity index (χ4v) is 5.12. The summed E-state index contributed by atoms with van der Waals surface area (Å²) in [4.78, 5) is 17.4. The van der Waals surface area contributed by atoms with Crippen molar-refractivity contribution in [2.45, 2.75) is 25.2 Å². The van der Waals surface area contributed by atoms with E-state index in [0.29, 0.717) is 16.9 Å². The molecule has 2 heterocycles. The molecule has 0 saturated carbocycles. The molecule has 32 heavy (non-hydrogen) atoms. The number of nitrogens with one attached hydrogen (secondary N) is 1. The van der Waals surface area contributed by atoms with E-state index in [4.69, 9.17) is 0 Å². The first kappa shape index (κ1) is 18.7. The van der Waals surface area contributed by atoms with Crippen LogP contribution in [0.2, 0.25) is 0 Å². The SMILES string of the molecule is Cc1cc(-n2c(O)c3c(c2O)[C@H]2C=C[C@@H]3C2)ccc1C(=O)Nc1cccc2cccnc12. The van der Waals surface area contributed by atoms with Crippen LogP contribution >= 0.6 is 0 Å². The third-order valence-electron chi connectivity index (χ3n) is 6.61. The van der Waals surface area contributed by atoms with Crippen molar-refractivity contribution in [1.82, 2.24) is 9.55 Å². The van der Waals surface area contributed by atoms with E-state index in [9.17, 15) is 15.0 Å². The minimum Gasteiger partial charge on any atom is -0.494 e. The molecule has 0 aliphatic heterocycles. The minimum atomic E-state index is -0.238. The second-order valence-corrected chi connectivity index (χ2v) is 8.48. The van der Waals surface area contributed by atoms with Crippen LogP contribution in [0.3, 0.4) is 0 Å². The molecular formula is C26H21N3O3. The van der Waals surface area contributed by atoms with Crippen LogP contribution < -0.4 is 5.32 Å². The maximum atomic E-state index is 13.0. The van der Waals surface area contributed by atoms with Crippen molar-refractivity contribution in [2.75, 3.05) is 5.32 Å². The standard InChI is InChI=1S/C26H21N3O3/c1-14-12-18(29-25(31)21-16-7-8-17(13-16)22(21)26(29)32)9-10-19(14)24(30)28-20-6-2-4-15-5-3-11-27-23(15)20/h2-12,16-17,31-32H,13H2,1H3,(H,28,30)/t16-,17+. The molecular weight excluding hydrogens is 402 g/mol. The largest absolute Gasteiger partial charge is 0.494 e. The molecule has 4 aromatic rings. The first-order valence-corrected chi connectivity index (χ1v) is 10.6. The molecule has 0 unspecified atom stereocenters. The number of aromatic hydroxyl groups is 2. The highest BCUT2D eigenvalue weighted by Gasteiger charge is 2.41. The van der Waals surface area contributed by atoms with Crippen molar-refractivity contribution in [1.29, 1.82) is 0 Å². The molecule has 1 amide bonds. The molecule has 2 aliphatic rings. The molecule has 2 aliphatic carbocycles. The predicted octanol–water partition coefficient (Wildman–Crippen LogP) is 5.14. The number of rotatable bonds is 3. The Labute approximate surface area is 184 Å². The van der Waals surface area contributed by atoms with E-state index in [1.807, 2.05) is 37.3 Å². The molecule has 6 heteroatoms. The van der Waals surface area contributed by atoms with Crippen LogP contribution in [0.4, 0.5) is 5.69 Å². The molecule has 6 nitrogen and oxygen atoms in total. The predicted molar refractivity (Wildman–Crippen MR) is 123 cm³/mol. The number of hydrogen-bond donors (Lipinski definition) is 3. The summed E-state index contributed by atoms with van der Waals surface area (Å²) in [7, 11) is 0. The zero-order valence-corrected chi connectivity index (χ0v) is 17.4. The number of fused-ring (bicyclic) bond motifs is 6. The van der Waals surface area contributed by atoms with Crippen LogP contribution in [0.1, 0.15) is 45.3 Å². The Morgan fingerprint density at radius 1 is 1.03 bits per heavy atom. The van der Waals surface area contributed by atoms with Gasteiger partial charge in [-0.05, 0) is 49.2 Å². The number of aryl methyl sites for hydroxylation is 1. The lowest BCUT2D eigenvalue weighted by Gasteiger charge is -2.13. The normalized spacial score (nSPS) is 18.3. The molecule has 2 bridgehead atoms. The van der Waals surface area contributed by atoms with Crippen molar-refractivity contribution in [3.8, 4) is 17.4 Å². The Bertz CT molecular complexity index is 1410. The van der Waals surface area contributed by atoms with Gasteiger partial charge in [0.25, 0.3) is 5.91 Å². The van der Waals surface area contributed by atoms with E-state index in [-0.39, 0.29) is 29.5 Å². The highest BCUT2D eigenvalue weighted by Crippen LogP contribution is 2.57. The van der Waals surface area contributed by atoms with Gasteiger partial charge in [0.1, 0.15) is 0 Å². The maximum Gasteiger partial charge on any atom is 0.255 e. The Balaban J connectivity index is 1.34. The molecule has 0 saturated heterocycles. The summed E-state index contributed by atoms with van der Waals surface area (Å²) in [5, 5.41) is 25.6. The van der Waals surface area contributed by atoms with E-state index < -0.39 is 0 Å². The number of amides is 1. The van der Waals surface area contributed by atoms with Gasteiger partial charge >= 0.3 is 0 Å². The van der Waals surface area contributed by atoms with Crippen molar-refractivity contribution in [3.05, 3.63) is 89.1 Å². The molecule has 158 valence electrons. The summed E-state index contributed by atoms with van der Waals surface area (Å²) >= 11 is 0. The average Bonchev–Trinajstić information content (AvgIpc) is 3.47. The molecule has 0 fully saturated rings. The van der Waals surface area contributed by atoms with Crippen molar-refractivity contribution in [2.24, 2.45) is 0 Å². The number of benzene rings is 2. The number of pyridine rings is 1. The van der Waals surface area contributed by atoms with Crippen LogP contribution in [0.5, 0.6) is 11.8 Å². The smallest absolute Gasteiger partial charge is 0.255 e. The first-order chi connectivity index (χ1) is 15.5. The lowest BCUT2D eigenvalue weighted by Crippen LogP contribution is -2.14. The summed E-state index contributed by atoms with van der Waals surface area (Å²) in [6.45, 7) is 1.84. The minimum absolute atomic E-state index is 0.0766. The summed E-state index contributed by atoms with van der Waals surface area (Å²) < 4.78 is 1.47. The Hall–Kier alpha value is -4.06. The Morgan fingerprint density at radius 2 is 1.75 bits per heavy atom. The van der Waals surface area contributed by atoms with Crippen molar-refractivity contribution < 1.29 is 15.0 Å². The molecule has 6 rings (SSSR count). The van der Waals surface area contributed by atoms with Gasteiger partial charge in [-0.2, -0.15) is 0 Å². The van der Waals surface area contributed by atoms with Gasteiger partial charge in [0.05, 0.1) is 16.9 Å². The lowest BCUT2D eigenvalue weighted by atomic mass is 10.0. The zero-order chi connectivity index (χ0) is 22.0. The maximum absolute atomic E-state index is 13.0. The lowest BCUT2D eigenvalue weighted by molar-refractivity contribution is 0.102. The van der Waals surface area contributed by atoms with Crippen LogP contribution in [-0.2, 0) is 0 Å². The quantitative estimate of drug-likeness (QED) is 0.398. The van der Waals surface area contributed by atoms with Gasteiger partial charge in [-0.25, -0.2) is 0 Å². The molecule has 3 N–H and O–H groups in total.